The average molecular weight is 973 g/mol. The molecule has 0 saturated carbocycles. The molecule has 0 aliphatic carbocycles. The summed E-state index contributed by atoms with van der Waals surface area (Å²) < 4.78 is 5.34. The van der Waals surface area contributed by atoms with Crippen LogP contribution in [0, 0.1) is 34.6 Å². The van der Waals surface area contributed by atoms with Crippen molar-refractivity contribution >= 4 is 87.2 Å². The highest BCUT2D eigenvalue weighted by Gasteiger charge is 2.15. The summed E-state index contributed by atoms with van der Waals surface area (Å²) in [5.74, 6) is 0.834. The maximum absolute atomic E-state index is 5.34. The Morgan fingerprint density at radius 1 is 0.293 bits per heavy atom. The lowest BCUT2D eigenvalue weighted by molar-refractivity contribution is 0.419. The van der Waals surface area contributed by atoms with Crippen LogP contribution in [0.25, 0.3) is 109 Å². The number of benzene rings is 6. The lowest BCUT2D eigenvalue weighted by Crippen LogP contribution is -1.94. The van der Waals surface area contributed by atoms with Gasteiger partial charge in [-0.05, 0) is 117 Å². The molecule has 0 fully saturated rings. The molecule has 362 valence electrons. The van der Waals surface area contributed by atoms with Gasteiger partial charge >= 0.3 is 0 Å². The minimum atomic E-state index is 0.834. The van der Waals surface area contributed by atoms with Gasteiger partial charge in [-0.3, -0.25) is 39.9 Å². The van der Waals surface area contributed by atoms with Crippen LogP contribution in [0.15, 0.2) is 207 Å². The molecule has 0 aliphatic rings. The third-order valence-corrected chi connectivity index (χ3v) is 13.3. The van der Waals surface area contributed by atoms with E-state index in [2.05, 4.69) is 178 Å². The number of aryl methyl sites for hydroxylation is 5. The maximum Gasteiger partial charge on any atom is 0.129 e. The van der Waals surface area contributed by atoms with Crippen molar-refractivity contribution in [2.24, 2.45) is 0 Å². The molecule has 0 spiro atoms. The fraction of sp³-hybridized carbons (Fsp3) is 0.0909. The van der Waals surface area contributed by atoms with Gasteiger partial charge in [0.05, 0.1) is 45.7 Å². The van der Waals surface area contributed by atoms with Crippen LogP contribution in [-0.2, 0) is 0 Å². The van der Waals surface area contributed by atoms with E-state index in [4.69, 9.17) is 14.7 Å². The Balaban J connectivity index is 0.000000112. The zero-order chi connectivity index (χ0) is 51.4. The Hall–Kier alpha value is -9.60. The standard InChI is InChI=1S/C26H20N2.C14H12N2O.C14H12N2.C12H8N2/c1-17-15-23(19-9-5-3-6-10-19)21-13-14-22-24(20-11-7-4-8-12-20)16-18(2)28-26(22)25(21)27-17;1-9-5-7-15-13-10(9)3-4-11-12(17-2)6-8-16-14(11)13;1-9-3-5-11-7-8-12-6-4-10(2)16-14(12)13(11)15-9;1-3-9-5-6-10-4-2-8-14-12(10)11(9)13-7-1/h3-16H,1-2H3;3-8H,1-2H3;3-8H,1-2H3;1-8H. The summed E-state index contributed by atoms with van der Waals surface area (Å²) in [6, 6.07) is 62.3. The molecule has 0 bridgehead atoms. The van der Waals surface area contributed by atoms with Gasteiger partial charge in [0.15, 0.2) is 0 Å². The van der Waals surface area contributed by atoms with E-state index in [1.807, 2.05) is 74.6 Å². The van der Waals surface area contributed by atoms with Gasteiger partial charge in [-0.25, -0.2) is 0 Å². The monoisotopic (exact) mass is 972 g/mol. The Labute approximate surface area is 434 Å². The molecule has 9 nitrogen and oxygen atoms in total. The first kappa shape index (κ1) is 47.7. The molecule has 0 saturated heterocycles. The fourth-order valence-corrected chi connectivity index (χ4v) is 9.71. The Morgan fingerprint density at radius 2 is 0.693 bits per heavy atom. The molecule has 0 atom stereocenters. The van der Waals surface area contributed by atoms with Crippen LogP contribution in [0.4, 0.5) is 0 Å². The first-order chi connectivity index (χ1) is 36.7. The lowest BCUT2D eigenvalue weighted by atomic mass is 9.95. The van der Waals surface area contributed by atoms with E-state index in [1.54, 1.807) is 25.7 Å². The van der Waals surface area contributed by atoms with Crippen LogP contribution in [0.2, 0.25) is 0 Å². The number of hydrogen-bond acceptors (Lipinski definition) is 9. The molecule has 0 amide bonds. The summed E-state index contributed by atoms with van der Waals surface area (Å²) in [6.45, 7) is 10.2. The van der Waals surface area contributed by atoms with Gasteiger partial charge in [0.25, 0.3) is 0 Å². The van der Waals surface area contributed by atoms with Crippen molar-refractivity contribution < 1.29 is 4.74 Å². The van der Waals surface area contributed by atoms with E-state index in [0.29, 0.717) is 0 Å². The maximum atomic E-state index is 5.34. The SMILES string of the molecule is COc1ccnc2c1ccc1c(C)ccnc12.Cc1cc(-c2ccccc2)c2ccc3c(-c4ccccc4)cc(C)nc3c2n1.Cc1ccc2ccc3ccc(C)nc3c2n1.c1cnc2c(c1)ccc1cccnc12. The first-order valence-corrected chi connectivity index (χ1v) is 24.9. The highest BCUT2D eigenvalue weighted by molar-refractivity contribution is 6.12. The van der Waals surface area contributed by atoms with E-state index >= 15 is 0 Å². The molecule has 6 aromatic carbocycles. The predicted molar refractivity (Wildman–Crippen MR) is 309 cm³/mol. The number of hydrogen-bond donors (Lipinski definition) is 0. The molecule has 75 heavy (non-hydrogen) atoms. The van der Waals surface area contributed by atoms with Gasteiger partial charge in [0.1, 0.15) is 11.3 Å². The number of aromatic nitrogens is 8. The van der Waals surface area contributed by atoms with Crippen LogP contribution < -0.4 is 4.74 Å². The van der Waals surface area contributed by atoms with Gasteiger partial charge in [-0.15, -0.1) is 0 Å². The second kappa shape index (κ2) is 20.9. The highest BCUT2D eigenvalue weighted by Crippen LogP contribution is 2.37. The molecule has 9 heteroatoms. The van der Waals surface area contributed by atoms with Crippen LogP contribution in [0.5, 0.6) is 5.75 Å². The van der Waals surface area contributed by atoms with Gasteiger partial charge < -0.3 is 4.74 Å². The van der Waals surface area contributed by atoms with Crippen molar-refractivity contribution in [3.05, 3.63) is 235 Å². The van der Waals surface area contributed by atoms with E-state index in [9.17, 15) is 0 Å². The minimum Gasteiger partial charge on any atom is -0.496 e. The molecule has 8 heterocycles. The predicted octanol–water partition coefficient (Wildman–Crippen LogP) is 16.0. The minimum absolute atomic E-state index is 0.834. The third-order valence-electron chi connectivity index (χ3n) is 13.3. The molecule has 0 aliphatic heterocycles. The smallest absolute Gasteiger partial charge is 0.129 e. The number of rotatable bonds is 3. The van der Waals surface area contributed by atoms with E-state index in [-0.39, 0.29) is 0 Å². The van der Waals surface area contributed by atoms with Crippen molar-refractivity contribution in [3.8, 4) is 28.0 Å². The van der Waals surface area contributed by atoms with Crippen molar-refractivity contribution in [1.82, 2.24) is 39.9 Å². The number of methoxy groups -OCH3 is 1. The zero-order valence-electron chi connectivity index (χ0n) is 42.6. The molecule has 14 rings (SSSR count). The van der Waals surface area contributed by atoms with Crippen LogP contribution in [-0.4, -0.2) is 47.0 Å². The summed E-state index contributed by atoms with van der Waals surface area (Å²) in [5.41, 5.74) is 17.8. The van der Waals surface area contributed by atoms with Crippen molar-refractivity contribution in [2.45, 2.75) is 34.6 Å². The Morgan fingerprint density at radius 3 is 1.19 bits per heavy atom. The second-order valence-electron chi connectivity index (χ2n) is 18.5. The largest absolute Gasteiger partial charge is 0.496 e. The third kappa shape index (κ3) is 9.75. The van der Waals surface area contributed by atoms with Gasteiger partial charge in [-0.2, -0.15) is 0 Å². The van der Waals surface area contributed by atoms with E-state index < -0.39 is 0 Å². The Kier molecular flexibility index (Phi) is 13.3. The zero-order valence-corrected chi connectivity index (χ0v) is 42.6. The van der Waals surface area contributed by atoms with Crippen LogP contribution in [0.3, 0.4) is 0 Å². The average Bonchev–Trinajstić information content (AvgIpc) is 3.45. The lowest BCUT2D eigenvalue weighted by Gasteiger charge is -2.13. The number of nitrogens with zero attached hydrogens (tertiary/aromatic N) is 8. The van der Waals surface area contributed by atoms with Crippen LogP contribution >= 0.6 is 0 Å². The number of pyridine rings is 8. The summed E-state index contributed by atoms with van der Waals surface area (Å²) in [4.78, 5) is 36.5. The topological polar surface area (TPSA) is 112 Å². The molecular formula is C66H52N8O. The van der Waals surface area contributed by atoms with Gasteiger partial charge in [-0.1, -0.05) is 127 Å². The number of ether oxygens (including phenoxy) is 1. The second-order valence-corrected chi connectivity index (χ2v) is 18.5. The van der Waals surface area contributed by atoms with Crippen molar-refractivity contribution in [1.29, 1.82) is 0 Å². The quantitative estimate of drug-likeness (QED) is 0.160. The summed E-state index contributed by atoms with van der Waals surface area (Å²) in [7, 11) is 1.67. The number of fused-ring (bicyclic) bond motifs is 12. The first-order valence-electron chi connectivity index (χ1n) is 24.9. The fourth-order valence-electron chi connectivity index (χ4n) is 9.71. The van der Waals surface area contributed by atoms with Crippen molar-refractivity contribution in [2.75, 3.05) is 7.11 Å². The Bertz CT molecular complexity index is 4190. The molecule has 14 aromatic rings. The van der Waals surface area contributed by atoms with Gasteiger partial charge in [0.2, 0.25) is 0 Å². The van der Waals surface area contributed by atoms with E-state index in [0.717, 1.165) is 116 Å². The highest BCUT2D eigenvalue weighted by atomic mass is 16.5. The summed E-state index contributed by atoms with van der Waals surface area (Å²) in [5, 5.41) is 8.99. The molecular weight excluding hydrogens is 921 g/mol. The van der Waals surface area contributed by atoms with Crippen molar-refractivity contribution in [3.63, 3.8) is 0 Å². The van der Waals surface area contributed by atoms with Gasteiger partial charge in [0, 0.05) is 90.7 Å². The molecule has 0 radical (unpaired) electrons. The molecule has 0 N–H and O–H groups in total. The molecule has 8 aromatic heterocycles. The molecule has 0 unspecified atom stereocenters. The summed E-state index contributed by atoms with van der Waals surface area (Å²) in [6.07, 6.45) is 7.18. The normalized spacial score (nSPS) is 11.1. The van der Waals surface area contributed by atoms with E-state index in [1.165, 1.54) is 27.8 Å². The van der Waals surface area contributed by atoms with Crippen LogP contribution in [0.1, 0.15) is 28.3 Å². The summed E-state index contributed by atoms with van der Waals surface area (Å²) >= 11 is 0.